The highest BCUT2D eigenvalue weighted by Gasteiger charge is 2.47. The lowest BCUT2D eigenvalue weighted by molar-refractivity contribution is -0.0390. The number of ether oxygens (including phenoxy) is 3. The summed E-state index contributed by atoms with van der Waals surface area (Å²) >= 11 is 0. The molecule has 33 heavy (non-hydrogen) atoms. The van der Waals surface area contributed by atoms with Crippen LogP contribution >= 0.6 is 0 Å². The Balaban J connectivity index is 1.37. The largest absolute Gasteiger partial charge is 0.497 e. The molecule has 2 aromatic carbocycles. The van der Waals surface area contributed by atoms with Crippen molar-refractivity contribution in [3.63, 3.8) is 0 Å². The molecule has 8 nitrogen and oxygen atoms in total. The van der Waals surface area contributed by atoms with Crippen LogP contribution in [-0.4, -0.2) is 53.9 Å². The molecule has 2 aliphatic rings. The highest BCUT2D eigenvalue weighted by molar-refractivity contribution is 5.95. The fourth-order valence-corrected chi connectivity index (χ4v) is 4.76. The van der Waals surface area contributed by atoms with E-state index in [0.29, 0.717) is 54.4 Å². The Bertz CT molecular complexity index is 1240. The molecular formula is C25H25N3O5. The number of hydrogen-bond donors (Lipinski definition) is 0. The van der Waals surface area contributed by atoms with Crippen molar-refractivity contribution in [2.24, 2.45) is 7.05 Å². The van der Waals surface area contributed by atoms with Crippen molar-refractivity contribution in [1.82, 2.24) is 14.7 Å². The predicted octanol–water partition coefficient (Wildman–Crippen LogP) is 3.41. The van der Waals surface area contributed by atoms with Gasteiger partial charge in [-0.05, 0) is 30.3 Å². The number of rotatable bonds is 4. The second kappa shape index (κ2) is 7.95. The van der Waals surface area contributed by atoms with E-state index >= 15 is 0 Å². The highest BCUT2D eigenvalue weighted by atomic mass is 16.6. The summed E-state index contributed by atoms with van der Waals surface area (Å²) in [6.45, 7) is 0.979. The summed E-state index contributed by atoms with van der Waals surface area (Å²) in [5, 5.41) is 4.56. The number of carbonyl (C=O) groups is 2. The summed E-state index contributed by atoms with van der Waals surface area (Å²) in [5.74, 6) is 0.936. The summed E-state index contributed by atoms with van der Waals surface area (Å²) < 4.78 is 18.2. The number of carbonyl (C=O) groups excluding carboxylic acids is 2. The third-order valence-electron chi connectivity index (χ3n) is 6.57. The molecule has 8 heteroatoms. The van der Waals surface area contributed by atoms with Crippen LogP contribution in [-0.2, 0) is 17.4 Å². The maximum absolute atomic E-state index is 13.4. The van der Waals surface area contributed by atoms with Crippen LogP contribution in [0.25, 0.3) is 11.3 Å². The lowest BCUT2D eigenvalue weighted by atomic mass is 9.83. The van der Waals surface area contributed by atoms with Gasteiger partial charge in [0, 0.05) is 44.1 Å². The molecule has 0 N–H and O–H groups in total. The zero-order valence-electron chi connectivity index (χ0n) is 18.8. The van der Waals surface area contributed by atoms with Crippen molar-refractivity contribution >= 4 is 11.9 Å². The van der Waals surface area contributed by atoms with Crippen LogP contribution in [0.5, 0.6) is 11.5 Å². The Morgan fingerprint density at radius 3 is 2.52 bits per heavy atom. The van der Waals surface area contributed by atoms with Gasteiger partial charge in [0.05, 0.1) is 25.5 Å². The SMILES string of the molecule is COc1ccc(OC)c(-c2cc(C(=O)N3CCC4(CC3)OC(=O)c3ccccc34)n(C)n2)c1. The van der Waals surface area contributed by atoms with E-state index in [1.807, 2.05) is 36.4 Å². The monoisotopic (exact) mass is 447 g/mol. The highest BCUT2D eigenvalue weighted by Crippen LogP contribution is 2.44. The Labute approximate surface area is 191 Å². The lowest BCUT2D eigenvalue weighted by Crippen LogP contribution is -2.45. The van der Waals surface area contributed by atoms with Crippen LogP contribution in [0.4, 0.5) is 0 Å². The number of hydrogen-bond acceptors (Lipinski definition) is 6. The quantitative estimate of drug-likeness (QED) is 0.570. The Morgan fingerprint density at radius 2 is 1.79 bits per heavy atom. The first-order valence-electron chi connectivity index (χ1n) is 10.8. The van der Waals surface area contributed by atoms with E-state index in [1.165, 1.54) is 0 Å². The first kappa shape index (κ1) is 21.1. The number of amides is 1. The fourth-order valence-electron chi connectivity index (χ4n) is 4.76. The molecule has 1 saturated heterocycles. The summed E-state index contributed by atoms with van der Waals surface area (Å²) in [4.78, 5) is 27.5. The number of nitrogens with zero attached hydrogens (tertiary/aromatic N) is 3. The Hall–Kier alpha value is -3.81. The van der Waals surface area contributed by atoms with Gasteiger partial charge < -0.3 is 19.1 Å². The minimum absolute atomic E-state index is 0.106. The second-order valence-electron chi connectivity index (χ2n) is 8.33. The molecule has 3 heterocycles. The van der Waals surface area contributed by atoms with E-state index < -0.39 is 5.60 Å². The minimum Gasteiger partial charge on any atom is -0.497 e. The van der Waals surface area contributed by atoms with Gasteiger partial charge in [-0.1, -0.05) is 18.2 Å². The molecule has 5 rings (SSSR count). The maximum Gasteiger partial charge on any atom is 0.339 e. The normalized spacial score (nSPS) is 16.5. The van der Waals surface area contributed by atoms with E-state index in [2.05, 4.69) is 5.10 Å². The van der Waals surface area contributed by atoms with Gasteiger partial charge in [-0.15, -0.1) is 0 Å². The van der Waals surface area contributed by atoms with E-state index in [1.54, 1.807) is 43.0 Å². The fraction of sp³-hybridized carbons (Fsp3) is 0.320. The molecule has 1 fully saturated rings. The van der Waals surface area contributed by atoms with Crippen molar-refractivity contribution in [2.75, 3.05) is 27.3 Å². The number of esters is 1. The Kier molecular flexibility index (Phi) is 5.08. The number of likely N-dealkylation sites (tertiary alicyclic amines) is 1. The number of aromatic nitrogens is 2. The molecule has 1 spiro atoms. The average Bonchev–Trinajstić information content (AvgIpc) is 3.36. The van der Waals surface area contributed by atoms with Crippen molar-refractivity contribution in [2.45, 2.75) is 18.4 Å². The standard InChI is InChI=1S/C25H25N3O5/c1-27-21(15-20(26-27)18-14-16(31-2)8-9-22(18)32-3)23(29)28-12-10-25(11-13-28)19-7-5-4-6-17(19)24(30)33-25/h4-9,14-15H,10-13H2,1-3H3. The second-order valence-corrected chi connectivity index (χ2v) is 8.33. The number of piperidine rings is 1. The van der Waals surface area contributed by atoms with E-state index in [0.717, 1.165) is 11.1 Å². The first-order valence-corrected chi connectivity index (χ1v) is 10.8. The van der Waals surface area contributed by atoms with Gasteiger partial charge in [0.15, 0.2) is 0 Å². The molecule has 0 saturated carbocycles. The van der Waals surface area contributed by atoms with Crippen molar-refractivity contribution in [1.29, 1.82) is 0 Å². The van der Waals surface area contributed by atoms with Crippen molar-refractivity contribution < 1.29 is 23.8 Å². The minimum atomic E-state index is -0.643. The molecule has 0 aliphatic carbocycles. The predicted molar refractivity (Wildman–Crippen MR) is 120 cm³/mol. The number of fused-ring (bicyclic) bond motifs is 2. The van der Waals surface area contributed by atoms with Gasteiger partial charge in [-0.25, -0.2) is 4.79 Å². The third-order valence-corrected chi connectivity index (χ3v) is 6.57. The number of benzene rings is 2. The summed E-state index contributed by atoms with van der Waals surface area (Å²) in [5.41, 5.74) is 2.77. The molecule has 170 valence electrons. The lowest BCUT2D eigenvalue weighted by Gasteiger charge is -2.38. The maximum atomic E-state index is 13.4. The van der Waals surface area contributed by atoms with Gasteiger partial charge in [0.25, 0.3) is 5.91 Å². The van der Waals surface area contributed by atoms with Gasteiger partial charge in [0.2, 0.25) is 0 Å². The first-order chi connectivity index (χ1) is 16.0. The van der Waals surface area contributed by atoms with Crippen LogP contribution in [0.3, 0.4) is 0 Å². The molecule has 0 unspecified atom stereocenters. The molecule has 3 aromatic rings. The van der Waals surface area contributed by atoms with Gasteiger partial charge in [-0.2, -0.15) is 5.10 Å². The molecule has 0 atom stereocenters. The van der Waals surface area contributed by atoms with Gasteiger partial charge >= 0.3 is 5.97 Å². The molecule has 0 bridgehead atoms. The van der Waals surface area contributed by atoms with Gasteiger partial charge in [-0.3, -0.25) is 9.48 Å². The average molecular weight is 447 g/mol. The molecule has 0 radical (unpaired) electrons. The molecule has 1 aromatic heterocycles. The summed E-state index contributed by atoms with van der Waals surface area (Å²) in [6, 6.07) is 14.8. The van der Waals surface area contributed by atoms with Gasteiger partial charge in [0.1, 0.15) is 22.8 Å². The summed E-state index contributed by atoms with van der Waals surface area (Å²) in [6.07, 6.45) is 1.13. The zero-order valence-corrected chi connectivity index (χ0v) is 18.8. The topological polar surface area (TPSA) is 82.9 Å². The summed E-state index contributed by atoms with van der Waals surface area (Å²) in [7, 11) is 4.95. The van der Waals surface area contributed by atoms with Crippen molar-refractivity contribution in [3.8, 4) is 22.8 Å². The van der Waals surface area contributed by atoms with Crippen LogP contribution < -0.4 is 9.47 Å². The van der Waals surface area contributed by atoms with Crippen LogP contribution in [0, 0.1) is 0 Å². The van der Waals surface area contributed by atoms with E-state index in [-0.39, 0.29) is 11.9 Å². The van der Waals surface area contributed by atoms with Crippen LogP contribution in [0.15, 0.2) is 48.5 Å². The molecule has 1 amide bonds. The number of methoxy groups -OCH3 is 2. The van der Waals surface area contributed by atoms with Crippen LogP contribution in [0.1, 0.15) is 39.3 Å². The number of aryl methyl sites for hydroxylation is 1. The van der Waals surface area contributed by atoms with E-state index in [4.69, 9.17) is 14.2 Å². The zero-order chi connectivity index (χ0) is 23.2. The van der Waals surface area contributed by atoms with E-state index in [9.17, 15) is 9.59 Å². The molecule has 2 aliphatic heterocycles. The van der Waals surface area contributed by atoms with Crippen molar-refractivity contribution in [3.05, 3.63) is 65.4 Å². The Morgan fingerprint density at radius 1 is 1.03 bits per heavy atom. The third kappa shape index (κ3) is 3.42. The molecular weight excluding hydrogens is 422 g/mol. The van der Waals surface area contributed by atoms with Crippen LogP contribution in [0.2, 0.25) is 0 Å². The smallest absolute Gasteiger partial charge is 0.339 e.